The van der Waals surface area contributed by atoms with E-state index < -0.39 is 0 Å². The number of amides is 1. The second kappa shape index (κ2) is 7.15. The molecule has 1 fully saturated rings. The van der Waals surface area contributed by atoms with Gasteiger partial charge in [-0.1, -0.05) is 0 Å². The third-order valence-electron chi connectivity index (χ3n) is 4.45. The maximum absolute atomic E-state index is 12.6. The molecule has 0 saturated carbocycles. The minimum atomic E-state index is 0. The van der Waals surface area contributed by atoms with Crippen LogP contribution in [0.4, 0.5) is 0 Å². The van der Waals surface area contributed by atoms with Gasteiger partial charge in [0.05, 0.1) is 5.69 Å². The Balaban J connectivity index is 0.00000192. The molecule has 2 atom stereocenters. The largest absolute Gasteiger partial charge is 0.336 e. The number of carbonyl (C=O) groups is 1. The van der Waals surface area contributed by atoms with E-state index in [1.165, 1.54) is 0 Å². The van der Waals surface area contributed by atoms with E-state index in [2.05, 4.69) is 12.0 Å². The van der Waals surface area contributed by atoms with E-state index in [0.29, 0.717) is 12.5 Å². The number of rotatable bonds is 3. The van der Waals surface area contributed by atoms with E-state index in [0.717, 1.165) is 29.9 Å². The molecule has 1 saturated heterocycles. The quantitative estimate of drug-likeness (QED) is 0.937. The van der Waals surface area contributed by atoms with Crippen LogP contribution < -0.4 is 5.73 Å². The lowest BCUT2D eigenvalue weighted by molar-refractivity contribution is 0.0743. The number of benzene rings is 1. The monoisotopic (exact) mass is 334 g/mol. The number of nitrogens with zero attached hydrogens (tertiary/aromatic N) is 3. The zero-order valence-corrected chi connectivity index (χ0v) is 14.3. The Bertz CT molecular complexity index is 667. The van der Waals surface area contributed by atoms with Gasteiger partial charge in [-0.3, -0.25) is 4.79 Å². The third-order valence-corrected chi connectivity index (χ3v) is 4.45. The summed E-state index contributed by atoms with van der Waals surface area (Å²) in [7, 11) is 0. The molecular formula is C17H23ClN4O. The highest BCUT2D eigenvalue weighted by atomic mass is 35.5. The van der Waals surface area contributed by atoms with Gasteiger partial charge >= 0.3 is 0 Å². The molecular weight excluding hydrogens is 312 g/mol. The first-order valence-corrected chi connectivity index (χ1v) is 7.72. The van der Waals surface area contributed by atoms with Gasteiger partial charge in [0.2, 0.25) is 0 Å². The van der Waals surface area contributed by atoms with Crippen molar-refractivity contribution in [1.82, 2.24) is 14.7 Å². The van der Waals surface area contributed by atoms with E-state index in [9.17, 15) is 4.79 Å². The average Bonchev–Trinajstić information content (AvgIpc) is 3.12. The SMILES string of the molecule is Cc1ccnn1-c1ccc(C(=O)N2CC(CN)CC2C)cc1.Cl. The van der Waals surface area contributed by atoms with Crippen LogP contribution >= 0.6 is 12.4 Å². The lowest BCUT2D eigenvalue weighted by atomic mass is 10.1. The van der Waals surface area contributed by atoms with Crippen molar-refractivity contribution in [2.75, 3.05) is 13.1 Å². The van der Waals surface area contributed by atoms with Gasteiger partial charge in [0, 0.05) is 30.0 Å². The van der Waals surface area contributed by atoms with Crippen molar-refractivity contribution in [3.8, 4) is 5.69 Å². The molecule has 1 aromatic carbocycles. The molecule has 1 amide bonds. The highest BCUT2D eigenvalue weighted by molar-refractivity contribution is 5.94. The fraction of sp³-hybridized carbons (Fsp3) is 0.412. The molecule has 23 heavy (non-hydrogen) atoms. The molecule has 5 nitrogen and oxygen atoms in total. The molecule has 124 valence electrons. The zero-order valence-electron chi connectivity index (χ0n) is 13.5. The Hall–Kier alpha value is -1.85. The fourth-order valence-corrected chi connectivity index (χ4v) is 3.15. The van der Waals surface area contributed by atoms with Gasteiger partial charge in [-0.25, -0.2) is 4.68 Å². The predicted octanol–water partition coefficient (Wildman–Crippen LogP) is 2.41. The first-order chi connectivity index (χ1) is 10.6. The van der Waals surface area contributed by atoms with Crippen molar-refractivity contribution in [2.45, 2.75) is 26.3 Å². The van der Waals surface area contributed by atoms with Crippen molar-refractivity contribution < 1.29 is 4.79 Å². The van der Waals surface area contributed by atoms with Gasteiger partial charge in [-0.2, -0.15) is 5.10 Å². The lowest BCUT2D eigenvalue weighted by Crippen LogP contribution is -2.34. The maximum atomic E-state index is 12.6. The number of aromatic nitrogens is 2. The second-order valence-electron chi connectivity index (χ2n) is 6.08. The standard InChI is InChI=1S/C17H22N4O.ClH/c1-12-7-8-19-21(12)16-5-3-15(4-6-16)17(22)20-11-14(10-18)9-13(20)2;/h3-8,13-14H,9-11,18H2,1-2H3;1H. The Morgan fingerprint density at radius 2 is 2.00 bits per heavy atom. The Morgan fingerprint density at radius 1 is 1.30 bits per heavy atom. The van der Waals surface area contributed by atoms with E-state index in [4.69, 9.17) is 5.73 Å². The van der Waals surface area contributed by atoms with Crippen molar-refractivity contribution >= 4 is 18.3 Å². The van der Waals surface area contributed by atoms with E-state index in [1.807, 2.05) is 46.8 Å². The summed E-state index contributed by atoms with van der Waals surface area (Å²) in [4.78, 5) is 14.6. The molecule has 0 bridgehead atoms. The number of hydrogen-bond donors (Lipinski definition) is 1. The highest BCUT2D eigenvalue weighted by Gasteiger charge is 2.31. The van der Waals surface area contributed by atoms with Crippen LogP contribution in [0.2, 0.25) is 0 Å². The Labute approximate surface area is 142 Å². The summed E-state index contributed by atoms with van der Waals surface area (Å²) >= 11 is 0. The average molecular weight is 335 g/mol. The maximum Gasteiger partial charge on any atom is 0.254 e. The number of halogens is 1. The van der Waals surface area contributed by atoms with Gasteiger partial charge in [-0.15, -0.1) is 12.4 Å². The molecule has 3 rings (SSSR count). The smallest absolute Gasteiger partial charge is 0.254 e. The number of likely N-dealkylation sites (tertiary alicyclic amines) is 1. The van der Waals surface area contributed by atoms with Gasteiger partial charge in [-0.05, 0) is 63.1 Å². The molecule has 1 aliphatic rings. The molecule has 2 N–H and O–H groups in total. The summed E-state index contributed by atoms with van der Waals surface area (Å²) in [5.74, 6) is 0.511. The van der Waals surface area contributed by atoms with Crippen molar-refractivity contribution in [3.63, 3.8) is 0 Å². The molecule has 6 heteroatoms. The topological polar surface area (TPSA) is 64.2 Å². The van der Waals surface area contributed by atoms with Crippen LogP contribution in [0.15, 0.2) is 36.5 Å². The van der Waals surface area contributed by atoms with Crippen LogP contribution in [0, 0.1) is 12.8 Å². The zero-order chi connectivity index (χ0) is 15.7. The Kier molecular flexibility index (Phi) is 5.44. The lowest BCUT2D eigenvalue weighted by Gasteiger charge is -2.21. The number of nitrogens with two attached hydrogens (primary N) is 1. The van der Waals surface area contributed by atoms with E-state index >= 15 is 0 Å². The van der Waals surface area contributed by atoms with Gasteiger partial charge in [0.15, 0.2) is 0 Å². The summed E-state index contributed by atoms with van der Waals surface area (Å²) in [6, 6.07) is 9.84. The van der Waals surface area contributed by atoms with Gasteiger partial charge in [0.1, 0.15) is 0 Å². The summed E-state index contributed by atoms with van der Waals surface area (Å²) < 4.78 is 1.86. The van der Waals surface area contributed by atoms with Gasteiger partial charge in [0.25, 0.3) is 5.91 Å². The first kappa shape index (κ1) is 17.5. The van der Waals surface area contributed by atoms with Crippen LogP contribution in [0.25, 0.3) is 5.69 Å². The van der Waals surface area contributed by atoms with Crippen LogP contribution in [0.5, 0.6) is 0 Å². The minimum Gasteiger partial charge on any atom is -0.336 e. The van der Waals surface area contributed by atoms with E-state index in [-0.39, 0.29) is 24.4 Å². The predicted molar refractivity (Wildman–Crippen MR) is 93.2 cm³/mol. The summed E-state index contributed by atoms with van der Waals surface area (Å²) in [5, 5.41) is 4.28. The van der Waals surface area contributed by atoms with Crippen molar-refractivity contribution in [1.29, 1.82) is 0 Å². The van der Waals surface area contributed by atoms with Crippen LogP contribution in [0.3, 0.4) is 0 Å². The summed E-state index contributed by atoms with van der Waals surface area (Å²) in [6.45, 7) is 5.50. The van der Waals surface area contributed by atoms with Crippen LogP contribution in [-0.2, 0) is 0 Å². The minimum absolute atomic E-state index is 0. The van der Waals surface area contributed by atoms with Crippen LogP contribution in [0.1, 0.15) is 29.4 Å². The highest BCUT2D eigenvalue weighted by Crippen LogP contribution is 2.24. The number of aryl methyl sites for hydroxylation is 1. The fourth-order valence-electron chi connectivity index (χ4n) is 3.15. The second-order valence-corrected chi connectivity index (χ2v) is 6.08. The first-order valence-electron chi connectivity index (χ1n) is 7.72. The Morgan fingerprint density at radius 3 is 2.52 bits per heavy atom. The molecule has 0 radical (unpaired) electrons. The molecule has 1 aromatic heterocycles. The molecule has 2 heterocycles. The normalized spacial score (nSPS) is 20.4. The number of carbonyl (C=O) groups excluding carboxylic acids is 1. The molecule has 2 unspecified atom stereocenters. The van der Waals surface area contributed by atoms with Crippen molar-refractivity contribution in [3.05, 3.63) is 47.8 Å². The number of hydrogen-bond acceptors (Lipinski definition) is 3. The summed E-state index contributed by atoms with van der Waals surface area (Å²) in [5.41, 5.74) is 8.49. The molecule has 1 aliphatic heterocycles. The van der Waals surface area contributed by atoms with Crippen molar-refractivity contribution in [2.24, 2.45) is 11.7 Å². The molecule has 0 spiro atoms. The van der Waals surface area contributed by atoms with Crippen LogP contribution in [-0.4, -0.2) is 39.7 Å². The third kappa shape index (κ3) is 3.41. The van der Waals surface area contributed by atoms with Gasteiger partial charge < -0.3 is 10.6 Å². The summed E-state index contributed by atoms with van der Waals surface area (Å²) in [6.07, 6.45) is 2.76. The molecule has 2 aromatic rings. The molecule has 0 aliphatic carbocycles. The van der Waals surface area contributed by atoms with E-state index in [1.54, 1.807) is 6.20 Å².